The zero-order valence-corrected chi connectivity index (χ0v) is 9.95. The molecule has 0 aliphatic heterocycles. The van der Waals surface area contributed by atoms with Gasteiger partial charge in [-0.3, -0.25) is 4.79 Å². The zero-order chi connectivity index (χ0) is 12.0. The molecule has 0 saturated heterocycles. The number of H-pyrrole nitrogens is 1. The monoisotopic (exact) mass is 226 g/mol. The van der Waals surface area contributed by atoms with E-state index in [1.807, 2.05) is 13.8 Å². The topological polar surface area (TPSA) is 64.2 Å². The number of methoxy groups -OCH3 is 1. The first-order chi connectivity index (χ1) is 7.71. The van der Waals surface area contributed by atoms with E-state index in [0.717, 1.165) is 6.42 Å². The summed E-state index contributed by atoms with van der Waals surface area (Å²) in [5.74, 6) is 0.573. The number of ether oxygens (including phenoxy) is 2. The lowest BCUT2D eigenvalue weighted by molar-refractivity contribution is 0.0527. The summed E-state index contributed by atoms with van der Waals surface area (Å²) in [6.45, 7) is 4.83. The number of rotatable bonds is 6. The van der Waals surface area contributed by atoms with E-state index in [-0.39, 0.29) is 11.7 Å². The third-order valence-corrected chi connectivity index (χ3v) is 2.15. The maximum Gasteiger partial charge on any atom is 0.251 e. The predicted molar refractivity (Wildman–Crippen MR) is 60.2 cm³/mol. The molecule has 0 bridgehead atoms. The van der Waals surface area contributed by atoms with Gasteiger partial charge in [-0.05, 0) is 13.3 Å². The Hall–Kier alpha value is -1.20. The molecule has 0 aliphatic carbocycles. The average molecular weight is 226 g/mol. The van der Waals surface area contributed by atoms with Gasteiger partial charge in [0, 0.05) is 19.8 Å². The SMILES string of the molecule is CCOC(CC)c1nc(COC)cc(=O)[nH]1. The highest BCUT2D eigenvalue weighted by Crippen LogP contribution is 2.15. The van der Waals surface area contributed by atoms with Crippen LogP contribution in [-0.4, -0.2) is 23.7 Å². The van der Waals surface area contributed by atoms with Crippen molar-refractivity contribution in [2.24, 2.45) is 0 Å². The first-order valence-corrected chi connectivity index (χ1v) is 5.41. The summed E-state index contributed by atoms with van der Waals surface area (Å²) in [4.78, 5) is 18.4. The maximum atomic E-state index is 11.4. The lowest BCUT2D eigenvalue weighted by Gasteiger charge is -2.14. The van der Waals surface area contributed by atoms with Crippen LogP contribution in [0.4, 0.5) is 0 Å². The van der Waals surface area contributed by atoms with Gasteiger partial charge in [-0.2, -0.15) is 0 Å². The highest BCUT2D eigenvalue weighted by molar-refractivity contribution is 5.03. The maximum absolute atomic E-state index is 11.4. The Balaban J connectivity index is 2.97. The van der Waals surface area contributed by atoms with E-state index in [9.17, 15) is 4.79 Å². The van der Waals surface area contributed by atoms with Crippen molar-refractivity contribution in [1.29, 1.82) is 0 Å². The molecule has 1 unspecified atom stereocenters. The number of hydrogen-bond donors (Lipinski definition) is 1. The summed E-state index contributed by atoms with van der Waals surface area (Å²) in [5.41, 5.74) is 0.453. The van der Waals surface area contributed by atoms with Crippen LogP contribution in [0.5, 0.6) is 0 Å². The average Bonchev–Trinajstić information content (AvgIpc) is 2.25. The molecule has 0 radical (unpaired) electrons. The van der Waals surface area contributed by atoms with E-state index >= 15 is 0 Å². The molecule has 1 aromatic heterocycles. The lowest BCUT2D eigenvalue weighted by Crippen LogP contribution is -2.17. The normalized spacial score (nSPS) is 12.7. The van der Waals surface area contributed by atoms with Crippen molar-refractivity contribution in [1.82, 2.24) is 9.97 Å². The second kappa shape index (κ2) is 6.40. The largest absolute Gasteiger partial charge is 0.378 e. The minimum Gasteiger partial charge on any atom is -0.378 e. The first-order valence-electron chi connectivity index (χ1n) is 5.41. The fraction of sp³-hybridized carbons (Fsp3) is 0.636. The van der Waals surface area contributed by atoms with Gasteiger partial charge in [-0.1, -0.05) is 6.92 Å². The van der Waals surface area contributed by atoms with Crippen molar-refractivity contribution in [3.05, 3.63) is 27.9 Å². The van der Waals surface area contributed by atoms with Crippen molar-refractivity contribution in [3.8, 4) is 0 Å². The molecule has 16 heavy (non-hydrogen) atoms. The smallest absolute Gasteiger partial charge is 0.251 e. The van der Waals surface area contributed by atoms with Gasteiger partial charge in [-0.25, -0.2) is 4.98 Å². The highest BCUT2D eigenvalue weighted by Gasteiger charge is 2.12. The van der Waals surface area contributed by atoms with Gasteiger partial charge in [0.2, 0.25) is 0 Å². The Morgan fingerprint density at radius 3 is 2.81 bits per heavy atom. The van der Waals surface area contributed by atoms with Gasteiger partial charge in [0.1, 0.15) is 11.9 Å². The van der Waals surface area contributed by atoms with Gasteiger partial charge < -0.3 is 14.5 Å². The van der Waals surface area contributed by atoms with Gasteiger partial charge in [0.15, 0.2) is 0 Å². The first kappa shape index (κ1) is 12.9. The van der Waals surface area contributed by atoms with Crippen molar-refractivity contribution in [2.75, 3.05) is 13.7 Å². The lowest BCUT2D eigenvalue weighted by atomic mass is 10.2. The molecule has 1 aromatic rings. The van der Waals surface area contributed by atoms with Crippen LogP contribution in [0.3, 0.4) is 0 Å². The summed E-state index contributed by atoms with van der Waals surface area (Å²) in [6, 6.07) is 1.44. The molecule has 0 amide bonds. The Kier molecular flexibility index (Phi) is 5.14. The van der Waals surface area contributed by atoms with Gasteiger partial charge in [-0.15, -0.1) is 0 Å². The van der Waals surface area contributed by atoms with Crippen LogP contribution in [0.25, 0.3) is 0 Å². The van der Waals surface area contributed by atoms with Crippen LogP contribution in [0, 0.1) is 0 Å². The van der Waals surface area contributed by atoms with Gasteiger partial charge in [0.05, 0.1) is 12.3 Å². The van der Waals surface area contributed by atoms with Crippen molar-refractivity contribution in [3.63, 3.8) is 0 Å². The van der Waals surface area contributed by atoms with Crippen LogP contribution < -0.4 is 5.56 Å². The number of nitrogens with one attached hydrogen (secondary N) is 1. The summed E-state index contributed by atoms with van der Waals surface area (Å²) in [5, 5.41) is 0. The summed E-state index contributed by atoms with van der Waals surface area (Å²) in [7, 11) is 1.57. The van der Waals surface area contributed by atoms with Crippen molar-refractivity contribution in [2.45, 2.75) is 33.0 Å². The van der Waals surface area contributed by atoms with Crippen molar-refractivity contribution >= 4 is 0 Å². The predicted octanol–water partition coefficient (Wildman–Crippen LogP) is 1.40. The van der Waals surface area contributed by atoms with E-state index < -0.39 is 0 Å². The van der Waals surface area contributed by atoms with Crippen LogP contribution in [0.1, 0.15) is 37.9 Å². The van der Waals surface area contributed by atoms with E-state index in [0.29, 0.717) is 24.7 Å². The van der Waals surface area contributed by atoms with E-state index in [2.05, 4.69) is 9.97 Å². The molecule has 1 rings (SSSR count). The summed E-state index contributed by atoms with van der Waals surface area (Å²) >= 11 is 0. The molecule has 0 aliphatic rings. The molecule has 5 nitrogen and oxygen atoms in total. The van der Waals surface area contributed by atoms with Crippen LogP contribution in [0.15, 0.2) is 10.9 Å². The molecule has 90 valence electrons. The quantitative estimate of drug-likeness (QED) is 0.796. The minimum absolute atomic E-state index is 0.158. The number of hydrogen-bond acceptors (Lipinski definition) is 4. The second-order valence-electron chi connectivity index (χ2n) is 3.41. The molecular weight excluding hydrogens is 208 g/mol. The second-order valence-corrected chi connectivity index (χ2v) is 3.41. The molecule has 1 heterocycles. The van der Waals surface area contributed by atoms with Crippen molar-refractivity contribution < 1.29 is 9.47 Å². The number of aromatic amines is 1. The van der Waals surface area contributed by atoms with E-state index in [4.69, 9.17) is 9.47 Å². The Bertz CT molecular complexity index is 376. The molecule has 0 saturated carbocycles. The third-order valence-electron chi connectivity index (χ3n) is 2.15. The number of aromatic nitrogens is 2. The number of nitrogens with zero attached hydrogens (tertiary/aromatic N) is 1. The molecule has 1 N–H and O–H groups in total. The Morgan fingerprint density at radius 1 is 1.50 bits per heavy atom. The molecular formula is C11H18N2O3. The molecule has 0 spiro atoms. The van der Waals surface area contributed by atoms with Crippen LogP contribution in [0.2, 0.25) is 0 Å². The van der Waals surface area contributed by atoms with Gasteiger partial charge >= 0.3 is 0 Å². The molecule has 0 fully saturated rings. The molecule has 5 heteroatoms. The summed E-state index contributed by atoms with van der Waals surface area (Å²) in [6.07, 6.45) is 0.613. The Labute approximate surface area is 94.8 Å². The molecule has 0 aromatic carbocycles. The van der Waals surface area contributed by atoms with Gasteiger partial charge in [0.25, 0.3) is 5.56 Å². The summed E-state index contributed by atoms with van der Waals surface area (Å²) < 4.78 is 10.4. The van der Waals surface area contributed by atoms with E-state index in [1.54, 1.807) is 7.11 Å². The minimum atomic E-state index is -0.171. The molecule has 1 atom stereocenters. The third kappa shape index (κ3) is 3.43. The Morgan fingerprint density at radius 2 is 2.25 bits per heavy atom. The highest BCUT2D eigenvalue weighted by atomic mass is 16.5. The fourth-order valence-corrected chi connectivity index (χ4v) is 1.49. The standard InChI is InChI=1S/C11H18N2O3/c1-4-9(16-5-2)11-12-8(7-15-3)6-10(14)13-11/h6,9H,4-5,7H2,1-3H3,(H,12,13,14). The van der Waals surface area contributed by atoms with E-state index in [1.165, 1.54) is 6.07 Å². The van der Waals surface area contributed by atoms with Crippen LogP contribution >= 0.6 is 0 Å². The zero-order valence-electron chi connectivity index (χ0n) is 9.95. The fourth-order valence-electron chi connectivity index (χ4n) is 1.49. The van der Waals surface area contributed by atoms with Crippen LogP contribution in [-0.2, 0) is 16.1 Å².